The first-order valence-electron chi connectivity index (χ1n) is 7.83. The number of hydrogen-bond acceptors (Lipinski definition) is 3. The van der Waals surface area contributed by atoms with E-state index in [1.54, 1.807) is 13.2 Å². The van der Waals surface area contributed by atoms with E-state index in [0.717, 1.165) is 17.8 Å². The third-order valence-electron chi connectivity index (χ3n) is 4.26. The van der Waals surface area contributed by atoms with E-state index < -0.39 is 0 Å². The number of ether oxygens (including phenoxy) is 1. The minimum absolute atomic E-state index is 0.0545. The summed E-state index contributed by atoms with van der Waals surface area (Å²) in [5.74, 6) is 0.559. The van der Waals surface area contributed by atoms with Crippen LogP contribution in [0, 0.1) is 11.7 Å². The standard InChI is InChI=1S/C17H27FN2O/c1-12(19)11-15-16(18)5-4-6-17(15)20(9-10-21-3)13(2)14-7-8-14/h4-6,12-14H,7-11,19H2,1-3H3. The Hall–Kier alpha value is -1.13. The highest BCUT2D eigenvalue weighted by atomic mass is 19.1. The molecule has 2 unspecified atom stereocenters. The number of hydrogen-bond donors (Lipinski definition) is 1. The topological polar surface area (TPSA) is 38.5 Å². The predicted molar refractivity (Wildman–Crippen MR) is 85.2 cm³/mol. The molecule has 0 bridgehead atoms. The summed E-state index contributed by atoms with van der Waals surface area (Å²) in [4.78, 5) is 2.29. The van der Waals surface area contributed by atoms with Crippen LogP contribution in [0.15, 0.2) is 18.2 Å². The smallest absolute Gasteiger partial charge is 0.128 e. The third kappa shape index (κ3) is 4.17. The largest absolute Gasteiger partial charge is 0.383 e. The summed E-state index contributed by atoms with van der Waals surface area (Å²) >= 11 is 0. The van der Waals surface area contributed by atoms with Crippen molar-refractivity contribution in [1.82, 2.24) is 0 Å². The fraction of sp³-hybridized carbons (Fsp3) is 0.647. The van der Waals surface area contributed by atoms with Crippen molar-refractivity contribution in [1.29, 1.82) is 0 Å². The molecule has 1 aromatic rings. The van der Waals surface area contributed by atoms with Gasteiger partial charge >= 0.3 is 0 Å². The number of nitrogens with zero attached hydrogens (tertiary/aromatic N) is 1. The Bertz CT molecular complexity index is 460. The van der Waals surface area contributed by atoms with Crippen LogP contribution in [0.4, 0.5) is 10.1 Å². The van der Waals surface area contributed by atoms with E-state index in [-0.39, 0.29) is 11.9 Å². The van der Waals surface area contributed by atoms with Crippen molar-refractivity contribution in [2.24, 2.45) is 11.7 Å². The number of rotatable bonds is 8. The number of benzene rings is 1. The molecule has 0 spiro atoms. The van der Waals surface area contributed by atoms with Crippen molar-refractivity contribution in [3.8, 4) is 0 Å². The molecule has 1 fully saturated rings. The molecule has 2 rings (SSSR count). The Labute approximate surface area is 127 Å². The van der Waals surface area contributed by atoms with Crippen LogP contribution < -0.4 is 10.6 Å². The van der Waals surface area contributed by atoms with Crippen molar-refractivity contribution < 1.29 is 9.13 Å². The van der Waals surface area contributed by atoms with E-state index in [2.05, 4.69) is 11.8 Å². The summed E-state index contributed by atoms with van der Waals surface area (Å²) in [6.45, 7) is 5.57. The Morgan fingerprint density at radius 1 is 1.38 bits per heavy atom. The maximum Gasteiger partial charge on any atom is 0.128 e. The molecule has 1 saturated carbocycles. The van der Waals surface area contributed by atoms with Crippen molar-refractivity contribution in [3.63, 3.8) is 0 Å². The van der Waals surface area contributed by atoms with Crippen LogP contribution in [0.5, 0.6) is 0 Å². The highest BCUT2D eigenvalue weighted by molar-refractivity contribution is 5.55. The molecule has 2 N–H and O–H groups in total. The predicted octanol–water partition coefficient (Wildman–Crippen LogP) is 2.97. The zero-order valence-corrected chi connectivity index (χ0v) is 13.3. The molecule has 0 aromatic heterocycles. The maximum atomic E-state index is 14.3. The lowest BCUT2D eigenvalue weighted by molar-refractivity contribution is 0.202. The minimum atomic E-state index is -0.157. The monoisotopic (exact) mass is 294 g/mol. The minimum Gasteiger partial charge on any atom is -0.383 e. The molecule has 0 aliphatic heterocycles. The average Bonchev–Trinajstić information content (AvgIpc) is 3.26. The molecule has 118 valence electrons. The van der Waals surface area contributed by atoms with Crippen LogP contribution in [0.2, 0.25) is 0 Å². The van der Waals surface area contributed by atoms with Gasteiger partial charge in [-0.25, -0.2) is 4.39 Å². The molecule has 0 radical (unpaired) electrons. The van der Waals surface area contributed by atoms with E-state index in [1.165, 1.54) is 18.9 Å². The van der Waals surface area contributed by atoms with Crippen molar-refractivity contribution in [2.75, 3.05) is 25.2 Å². The quantitative estimate of drug-likeness (QED) is 0.801. The molecule has 3 nitrogen and oxygen atoms in total. The number of nitrogens with two attached hydrogens (primary N) is 1. The summed E-state index contributed by atoms with van der Waals surface area (Å²) in [5, 5.41) is 0. The summed E-state index contributed by atoms with van der Waals surface area (Å²) in [6.07, 6.45) is 3.09. The van der Waals surface area contributed by atoms with Crippen LogP contribution >= 0.6 is 0 Å². The highest BCUT2D eigenvalue weighted by Gasteiger charge is 2.33. The second-order valence-corrected chi connectivity index (χ2v) is 6.18. The van der Waals surface area contributed by atoms with E-state index in [1.807, 2.05) is 13.0 Å². The van der Waals surface area contributed by atoms with Gasteiger partial charge in [0.25, 0.3) is 0 Å². The van der Waals surface area contributed by atoms with Crippen LogP contribution in [0.1, 0.15) is 32.3 Å². The van der Waals surface area contributed by atoms with Crippen molar-refractivity contribution >= 4 is 5.69 Å². The maximum absolute atomic E-state index is 14.3. The van der Waals surface area contributed by atoms with Crippen molar-refractivity contribution in [3.05, 3.63) is 29.6 Å². The number of methoxy groups -OCH3 is 1. The van der Waals surface area contributed by atoms with Gasteiger partial charge in [-0.1, -0.05) is 6.07 Å². The lowest BCUT2D eigenvalue weighted by Crippen LogP contribution is -2.38. The molecule has 2 atom stereocenters. The second kappa shape index (κ2) is 7.23. The van der Waals surface area contributed by atoms with Crippen molar-refractivity contribution in [2.45, 2.75) is 45.2 Å². The zero-order valence-electron chi connectivity index (χ0n) is 13.3. The summed E-state index contributed by atoms with van der Waals surface area (Å²) in [7, 11) is 1.70. The molecule has 1 aromatic carbocycles. The first kappa shape index (κ1) is 16.2. The summed E-state index contributed by atoms with van der Waals surface area (Å²) in [5.41, 5.74) is 7.61. The third-order valence-corrected chi connectivity index (χ3v) is 4.26. The van der Waals surface area contributed by atoms with Crippen LogP contribution in [0.3, 0.4) is 0 Å². The van der Waals surface area contributed by atoms with Gasteiger partial charge in [-0.15, -0.1) is 0 Å². The average molecular weight is 294 g/mol. The normalized spacial score (nSPS) is 17.6. The fourth-order valence-electron chi connectivity index (χ4n) is 2.91. The van der Waals surface area contributed by atoms with E-state index >= 15 is 0 Å². The summed E-state index contributed by atoms with van der Waals surface area (Å²) in [6, 6.07) is 5.68. The molecule has 1 aliphatic carbocycles. The molecule has 4 heteroatoms. The lowest BCUT2D eigenvalue weighted by Gasteiger charge is -2.33. The molecular weight excluding hydrogens is 267 g/mol. The molecule has 21 heavy (non-hydrogen) atoms. The van der Waals surface area contributed by atoms with Crippen LogP contribution in [-0.4, -0.2) is 32.3 Å². The van der Waals surface area contributed by atoms with Gasteiger partial charge in [-0.2, -0.15) is 0 Å². The SMILES string of the molecule is COCCN(c1cccc(F)c1CC(C)N)C(C)C1CC1. The molecule has 0 amide bonds. The van der Waals surface area contributed by atoms with Gasteiger partial charge in [-0.05, 0) is 51.2 Å². The zero-order chi connectivity index (χ0) is 15.4. The fourth-order valence-corrected chi connectivity index (χ4v) is 2.91. The van der Waals surface area contributed by atoms with Gasteiger partial charge in [0, 0.05) is 37.0 Å². The Kier molecular flexibility index (Phi) is 5.59. The Morgan fingerprint density at radius 2 is 2.10 bits per heavy atom. The number of anilines is 1. The molecule has 0 heterocycles. The Morgan fingerprint density at radius 3 is 2.67 bits per heavy atom. The molecule has 1 aliphatic rings. The van der Waals surface area contributed by atoms with Gasteiger partial charge < -0.3 is 15.4 Å². The van der Waals surface area contributed by atoms with E-state index in [4.69, 9.17) is 10.5 Å². The van der Waals surface area contributed by atoms with Crippen LogP contribution in [0.25, 0.3) is 0 Å². The summed E-state index contributed by atoms with van der Waals surface area (Å²) < 4.78 is 19.5. The van der Waals surface area contributed by atoms with Gasteiger partial charge in [0.1, 0.15) is 5.82 Å². The van der Waals surface area contributed by atoms with E-state index in [0.29, 0.717) is 25.0 Å². The number of halogens is 1. The Balaban J connectivity index is 2.31. The second-order valence-electron chi connectivity index (χ2n) is 6.18. The van der Waals surface area contributed by atoms with Gasteiger partial charge in [0.05, 0.1) is 6.61 Å². The van der Waals surface area contributed by atoms with E-state index in [9.17, 15) is 4.39 Å². The van der Waals surface area contributed by atoms with Gasteiger partial charge in [0.2, 0.25) is 0 Å². The van der Waals surface area contributed by atoms with Gasteiger partial charge in [-0.3, -0.25) is 0 Å². The van der Waals surface area contributed by atoms with Gasteiger partial charge in [0.15, 0.2) is 0 Å². The molecular formula is C17H27FN2O. The first-order valence-corrected chi connectivity index (χ1v) is 7.83. The first-order chi connectivity index (χ1) is 10.0. The van der Waals surface area contributed by atoms with Crippen LogP contribution in [-0.2, 0) is 11.2 Å². The lowest BCUT2D eigenvalue weighted by atomic mass is 10.0. The highest BCUT2D eigenvalue weighted by Crippen LogP contribution is 2.38. The molecule has 0 saturated heterocycles.